The molecule has 0 aromatic carbocycles. The Kier molecular flexibility index (Phi) is 5.88. The van der Waals surface area contributed by atoms with Crippen molar-refractivity contribution in [2.45, 2.75) is 41.0 Å². The van der Waals surface area contributed by atoms with Crippen LogP contribution in [0, 0.1) is 11.3 Å². The van der Waals surface area contributed by atoms with Crippen LogP contribution in [0.15, 0.2) is 0 Å². The highest BCUT2D eigenvalue weighted by Crippen LogP contribution is 2.27. The van der Waals surface area contributed by atoms with Gasteiger partial charge < -0.3 is 10.0 Å². The Labute approximate surface area is 93.5 Å². The van der Waals surface area contributed by atoms with Crippen LogP contribution in [0.4, 0.5) is 0 Å². The topological polar surface area (TPSA) is 40.5 Å². The fourth-order valence-corrected chi connectivity index (χ4v) is 2.06. The molecule has 0 saturated carbocycles. The summed E-state index contributed by atoms with van der Waals surface area (Å²) in [5.74, 6) is 0.657. The summed E-state index contributed by atoms with van der Waals surface area (Å²) in [5.41, 5.74) is -0.320. The largest absolute Gasteiger partial charge is 0.395 e. The molecule has 0 spiro atoms. The van der Waals surface area contributed by atoms with Crippen LogP contribution >= 0.6 is 0 Å². The average Bonchev–Trinajstić information content (AvgIpc) is 2.11. The first-order valence-electron chi connectivity index (χ1n) is 5.75. The first-order chi connectivity index (χ1) is 6.85. The lowest BCUT2D eigenvalue weighted by Crippen LogP contribution is -2.42. The van der Waals surface area contributed by atoms with E-state index in [9.17, 15) is 4.79 Å². The van der Waals surface area contributed by atoms with Crippen molar-refractivity contribution >= 4 is 5.91 Å². The lowest BCUT2D eigenvalue weighted by atomic mass is 9.82. The van der Waals surface area contributed by atoms with Crippen LogP contribution in [0.3, 0.4) is 0 Å². The molecule has 0 aliphatic rings. The van der Waals surface area contributed by atoms with Crippen LogP contribution in [-0.4, -0.2) is 35.6 Å². The Morgan fingerprint density at radius 2 is 1.93 bits per heavy atom. The predicted octanol–water partition coefficient (Wildman–Crippen LogP) is 1.90. The van der Waals surface area contributed by atoms with Gasteiger partial charge in [-0.05, 0) is 19.3 Å². The summed E-state index contributed by atoms with van der Waals surface area (Å²) in [6.45, 7) is 11.3. The number of carbonyl (C=O) groups excluding carboxylic acids is 1. The summed E-state index contributed by atoms with van der Waals surface area (Å²) in [7, 11) is 0. The smallest absolute Gasteiger partial charge is 0.228 e. The van der Waals surface area contributed by atoms with Crippen molar-refractivity contribution in [3.8, 4) is 0 Å². The van der Waals surface area contributed by atoms with Gasteiger partial charge in [0.15, 0.2) is 0 Å². The molecule has 0 aromatic rings. The average molecular weight is 215 g/mol. The van der Waals surface area contributed by atoms with Gasteiger partial charge in [0, 0.05) is 18.5 Å². The van der Waals surface area contributed by atoms with E-state index >= 15 is 0 Å². The van der Waals surface area contributed by atoms with Crippen molar-refractivity contribution in [1.29, 1.82) is 0 Å². The van der Waals surface area contributed by atoms with Crippen molar-refractivity contribution in [2.24, 2.45) is 11.3 Å². The van der Waals surface area contributed by atoms with Crippen molar-refractivity contribution in [2.75, 3.05) is 19.7 Å². The number of hydrogen-bond donors (Lipinski definition) is 1. The zero-order valence-corrected chi connectivity index (χ0v) is 10.7. The monoisotopic (exact) mass is 215 g/mol. The standard InChI is InChI=1S/C12H25NO2/c1-6-13(7-8-14)11(15)12(4,5)9-10(2)3/h10,14H,6-9H2,1-5H3. The molecule has 0 fully saturated rings. The fourth-order valence-electron chi connectivity index (χ4n) is 2.06. The molecule has 0 radical (unpaired) electrons. The zero-order chi connectivity index (χ0) is 12.1. The van der Waals surface area contributed by atoms with Crippen LogP contribution in [0.25, 0.3) is 0 Å². The van der Waals surface area contributed by atoms with Crippen LogP contribution < -0.4 is 0 Å². The van der Waals surface area contributed by atoms with Gasteiger partial charge in [-0.2, -0.15) is 0 Å². The molecule has 0 saturated heterocycles. The third kappa shape index (κ3) is 4.65. The summed E-state index contributed by atoms with van der Waals surface area (Å²) in [5, 5.41) is 8.87. The van der Waals surface area contributed by atoms with E-state index in [0.29, 0.717) is 19.0 Å². The molecule has 3 heteroatoms. The second kappa shape index (κ2) is 6.11. The maximum absolute atomic E-state index is 12.1. The highest BCUT2D eigenvalue weighted by molar-refractivity contribution is 5.81. The summed E-state index contributed by atoms with van der Waals surface area (Å²) >= 11 is 0. The van der Waals surface area contributed by atoms with E-state index in [2.05, 4.69) is 13.8 Å². The molecule has 0 rings (SSSR count). The zero-order valence-electron chi connectivity index (χ0n) is 10.7. The van der Waals surface area contributed by atoms with E-state index in [4.69, 9.17) is 5.11 Å². The van der Waals surface area contributed by atoms with Crippen molar-refractivity contribution in [3.05, 3.63) is 0 Å². The van der Waals surface area contributed by atoms with Gasteiger partial charge in [-0.1, -0.05) is 27.7 Å². The molecule has 1 N–H and O–H groups in total. The molecule has 0 aliphatic heterocycles. The Morgan fingerprint density at radius 3 is 2.27 bits per heavy atom. The number of rotatable bonds is 6. The van der Waals surface area contributed by atoms with Gasteiger partial charge in [0.2, 0.25) is 5.91 Å². The number of nitrogens with zero attached hydrogens (tertiary/aromatic N) is 1. The first kappa shape index (κ1) is 14.4. The van der Waals surface area contributed by atoms with E-state index in [1.165, 1.54) is 0 Å². The first-order valence-corrected chi connectivity index (χ1v) is 5.75. The van der Waals surface area contributed by atoms with Crippen molar-refractivity contribution in [1.82, 2.24) is 4.90 Å². The van der Waals surface area contributed by atoms with Crippen LogP contribution in [0.5, 0.6) is 0 Å². The van der Waals surface area contributed by atoms with E-state index in [1.54, 1.807) is 4.90 Å². The summed E-state index contributed by atoms with van der Waals surface area (Å²) < 4.78 is 0. The summed E-state index contributed by atoms with van der Waals surface area (Å²) in [6.07, 6.45) is 0.883. The Bertz CT molecular complexity index is 200. The number of likely N-dealkylation sites (N-methyl/N-ethyl adjacent to an activating group) is 1. The van der Waals surface area contributed by atoms with E-state index in [1.807, 2.05) is 20.8 Å². The number of aliphatic hydroxyl groups excluding tert-OH is 1. The van der Waals surface area contributed by atoms with E-state index in [-0.39, 0.29) is 17.9 Å². The molecule has 0 unspecified atom stereocenters. The number of carbonyl (C=O) groups is 1. The van der Waals surface area contributed by atoms with Gasteiger partial charge in [0.1, 0.15) is 0 Å². The van der Waals surface area contributed by atoms with E-state index in [0.717, 1.165) is 6.42 Å². The third-order valence-corrected chi connectivity index (χ3v) is 2.54. The minimum atomic E-state index is -0.320. The number of amides is 1. The lowest BCUT2D eigenvalue weighted by Gasteiger charge is -2.32. The molecule has 1 amide bonds. The molecule has 3 nitrogen and oxygen atoms in total. The summed E-state index contributed by atoms with van der Waals surface area (Å²) in [4.78, 5) is 13.9. The van der Waals surface area contributed by atoms with E-state index < -0.39 is 0 Å². The lowest BCUT2D eigenvalue weighted by molar-refractivity contribution is -0.141. The second-order valence-electron chi connectivity index (χ2n) is 5.09. The second-order valence-corrected chi connectivity index (χ2v) is 5.09. The molecular formula is C12H25NO2. The molecule has 0 bridgehead atoms. The minimum Gasteiger partial charge on any atom is -0.395 e. The van der Waals surface area contributed by atoms with Gasteiger partial charge in [-0.25, -0.2) is 0 Å². The minimum absolute atomic E-state index is 0.0390. The van der Waals surface area contributed by atoms with Crippen LogP contribution in [0.1, 0.15) is 41.0 Å². The molecule has 15 heavy (non-hydrogen) atoms. The third-order valence-electron chi connectivity index (χ3n) is 2.54. The Balaban J connectivity index is 4.50. The van der Waals surface area contributed by atoms with Gasteiger partial charge >= 0.3 is 0 Å². The van der Waals surface area contributed by atoms with Gasteiger partial charge in [0.25, 0.3) is 0 Å². The highest BCUT2D eigenvalue weighted by Gasteiger charge is 2.31. The number of aliphatic hydroxyl groups is 1. The maximum Gasteiger partial charge on any atom is 0.228 e. The highest BCUT2D eigenvalue weighted by atomic mass is 16.3. The van der Waals surface area contributed by atoms with Gasteiger partial charge in [0.05, 0.1) is 6.61 Å². The molecule has 0 atom stereocenters. The van der Waals surface area contributed by atoms with Crippen LogP contribution in [0.2, 0.25) is 0 Å². The fraction of sp³-hybridized carbons (Fsp3) is 0.917. The summed E-state index contributed by atoms with van der Waals surface area (Å²) in [6, 6.07) is 0. The Morgan fingerprint density at radius 1 is 1.40 bits per heavy atom. The van der Waals surface area contributed by atoms with Gasteiger partial charge in [-0.3, -0.25) is 4.79 Å². The molecule has 0 heterocycles. The normalized spacial score (nSPS) is 11.9. The molecule has 0 aliphatic carbocycles. The molecule has 0 aromatic heterocycles. The maximum atomic E-state index is 12.1. The quantitative estimate of drug-likeness (QED) is 0.735. The van der Waals surface area contributed by atoms with Crippen LogP contribution in [-0.2, 0) is 4.79 Å². The Hall–Kier alpha value is -0.570. The molecular weight excluding hydrogens is 190 g/mol. The van der Waals surface area contributed by atoms with Crippen molar-refractivity contribution in [3.63, 3.8) is 0 Å². The van der Waals surface area contributed by atoms with Crippen molar-refractivity contribution < 1.29 is 9.90 Å². The SMILES string of the molecule is CCN(CCO)C(=O)C(C)(C)CC(C)C. The predicted molar refractivity (Wildman–Crippen MR) is 62.6 cm³/mol. The number of hydrogen-bond acceptors (Lipinski definition) is 2. The molecule has 90 valence electrons. The van der Waals surface area contributed by atoms with Gasteiger partial charge in [-0.15, -0.1) is 0 Å².